The highest BCUT2D eigenvalue weighted by atomic mass is 79.9. The van der Waals surface area contributed by atoms with Crippen molar-refractivity contribution in [2.24, 2.45) is 0 Å². The molecule has 0 radical (unpaired) electrons. The van der Waals surface area contributed by atoms with Crippen molar-refractivity contribution in [3.63, 3.8) is 0 Å². The van der Waals surface area contributed by atoms with Gasteiger partial charge in [-0.3, -0.25) is 0 Å². The highest BCUT2D eigenvalue weighted by Crippen LogP contribution is 2.23. The predicted molar refractivity (Wildman–Crippen MR) is 74.0 cm³/mol. The molecule has 0 unspecified atom stereocenters. The SMILES string of the molecule is C[C@H](O)C[NH2+]Cc1ccc(-c2ccc(Br)cc2)o1. The molecule has 0 aliphatic carbocycles. The van der Waals surface area contributed by atoms with E-state index in [9.17, 15) is 5.11 Å². The Kier molecular flexibility index (Phi) is 4.58. The van der Waals surface area contributed by atoms with Crippen molar-refractivity contribution in [3.05, 3.63) is 46.6 Å². The summed E-state index contributed by atoms with van der Waals surface area (Å²) < 4.78 is 6.82. The molecule has 3 nitrogen and oxygen atoms in total. The quantitative estimate of drug-likeness (QED) is 0.889. The van der Waals surface area contributed by atoms with Crippen molar-refractivity contribution in [2.45, 2.75) is 19.6 Å². The van der Waals surface area contributed by atoms with E-state index in [1.54, 1.807) is 6.92 Å². The van der Waals surface area contributed by atoms with Crippen molar-refractivity contribution in [3.8, 4) is 11.3 Å². The van der Waals surface area contributed by atoms with E-state index >= 15 is 0 Å². The first kappa shape index (κ1) is 13.3. The van der Waals surface area contributed by atoms with Gasteiger partial charge in [-0.25, -0.2) is 0 Å². The molecule has 2 aromatic rings. The summed E-state index contributed by atoms with van der Waals surface area (Å²) in [7, 11) is 0. The summed E-state index contributed by atoms with van der Waals surface area (Å²) >= 11 is 3.41. The highest BCUT2D eigenvalue weighted by molar-refractivity contribution is 9.10. The number of rotatable bonds is 5. The van der Waals surface area contributed by atoms with E-state index in [1.165, 1.54) is 0 Å². The summed E-state index contributed by atoms with van der Waals surface area (Å²) in [4.78, 5) is 0. The summed E-state index contributed by atoms with van der Waals surface area (Å²) in [6.45, 7) is 3.22. The van der Waals surface area contributed by atoms with Gasteiger partial charge >= 0.3 is 0 Å². The Morgan fingerprint density at radius 3 is 2.61 bits per heavy atom. The van der Waals surface area contributed by atoms with Gasteiger partial charge in [-0.15, -0.1) is 0 Å². The van der Waals surface area contributed by atoms with Crippen LogP contribution in [-0.4, -0.2) is 17.8 Å². The van der Waals surface area contributed by atoms with E-state index in [1.807, 2.05) is 41.7 Å². The number of furan rings is 1. The number of nitrogens with two attached hydrogens (primary N) is 1. The maximum absolute atomic E-state index is 9.17. The van der Waals surface area contributed by atoms with Crippen LogP contribution in [0.3, 0.4) is 0 Å². The van der Waals surface area contributed by atoms with Gasteiger partial charge in [0.2, 0.25) is 0 Å². The van der Waals surface area contributed by atoms with E-state index in [-0.39, 0.29) is 6.10 Å². The normalized spacial score (nSPS) is 12.6. The zero-order valence-electron chi connectivity index (χ0n) is 10.3. The number of hydrogen-bond acceptors (Lipinski definition) is 2. The molecule has 1 atom stereocenters. The Morgan fingerprint density at radius 2 is 1.94 bits per heavy atom. The molecule has 0 fully saturated rings. The average Bonchev–Trinajstić information content (AvgIpc) is 2.78. The van der Waals surface area contributed by atoms with Gasteiger partial charge in [-0.1, -0.05) is 28.1 Å². The number of halogens is 1. The van der Waals surface area contributed by atoms with Gasteiger partial charge in [-0.2, -0.15) is 0 Å². The van der Waals surface area contributed by atoms with Crippen molar-refractivity contribution >= 4 is 15.9 Å². The molecule has 18 heavy (non-hydrogen) atoms. The highest BCUT2D eigenvalue weighted by Gasteiger charge is 2.06. The Balaban J connectivity index is 1.99. The third-order valence-electron chi connectivity index (χ3n) is 2.64. The molecule has 1 aromatic heterocycles. The maximum Gasteiger partial charge on any atom is 0.158 e. The molecule has 3 N–H and O–H groups in total. The number of quaternary nitrogens is 1. The summed E-state index contributed by atoms with van der Waals surface area (Å²) in [5, 5.41) is 11.2. The van der Waals surface area contributed by atoms with E-state index in [0.717, 1.165) is 28.1 Å². The van der Waals surface area contributed by atoms with Crippen molar-refractivity contribution in [1.29, 1.82) is 0 Å². The molecule has 0 amide bonds. The van der Waals surface area contributed by atoms with Crippen LogP contribution in [0.15, 0.2) is 45.3 Å². The summed E-state index contributed by atoms with van der Waals surface area (Å²) in [6.07, 6.45) is -0.286. The standard InChI is InChI=1S/C14H16BrNO2/c1-10(17)8-16-9-13-6-7-14(18-13)11-2-4-12(15)5-3-11/h2-7,10,16-17H,8-9H2,1H3/p+1/t10-/m0/s1. The van der Waals surface area contributed by atoms with Crippen LogP contribution in [0.1, 0.15) is 12.7 Å². The lowest BCUT2D eigenvalue weighted by Crippen LogP contribution is -2.84. The first-order chi connectivity index (χ1) is 8.65. The summed E-state index contributed by atoms with van der Waals surface area (Å²) in [5.74, 6) is 1.80. The van der Waals surface area contributed by atoms with Gasteiger partial charge in [0.1, 0.15) is 18.8 Å². The Labute approximate surface area is 115 Å². The second-order valence-electron chi connectivity index (χ2n) is 4.35. The zero-order valence-corrected chi connectivity index (χ0v) is 11.9. The number of aliphatic hydroxyl groups is 1. The maximum atomic E-state index is 9.17. The molecule has 0 saturated heterocycles. The van der Waals surface area contributed by atoms with Crippen molar-refractivity contribution in [1.82, 2.24) is 0 Å². The van der Waals surface area contributed by atoms with Crippen LogP contribution >= 0.6 is 15.9 Å². The molecule has 0 bridgehead atoms. The molecule has 0 spiro atoms. The van der Waals surface area contributed by atoms with E-state index in [0.29, 0.717) is 6.54 Å². The lowest BCUT2D eigenvalue weighted by molar-refractivity contribution is -0.677. The van der Waals surface area contributed by atoms with Gasteiger partial charge in [-0.05, 0) is 31.2 Å². The van der Waals surface area contributed by atoms with Gasteiger partial charge in [0.15, 0.2) is 5.76 Å². The molecular weight excluding hydrogens is 294 g/mol. The van der Waals surface area contributed by atoms with Crippen LogP contribution in [0.2, 0.25) is 0 Å². The minimum atomic E-state index is -0.286. The average molecular weight is 311 g/mol. The van der Waals surface area contributed by atoms with Crippen LogP contribution < -0.4 is 5.32 Å². The smallest absolute Gasteiger partial charge is 0.158 e. The summed E-state index contributed by atoms with van der Waals surface area (Å²) in [5.41, 5.74) is 1.07. The molecule has 0 aliphatic rings. The molecular formula is C14H17BrNO2+. The molecule has 0 saturated carbocycles. The zero-order chi connectivity index (χ0) is 13.0. The number of benzene rings is 1. The topological polar surface area (TPSA) is 50.0 Å². The largest absolute Gasteiger partial charge is 0.455 e. The van der Waals surface area contributed by atoms with Crippen molar-refractivity contribution in [2.75, 3.05) is 6.54 Å². The molecule has 0 aliphatic heterocycles. The van der Waals surface area contributed by atoms with E-state index < -0.39 is 0 Å². The third kappa shape index (κ3) is 3.70. The van der Waals surface area contributed by atoms with E-state index in [4.69, 9.17) is 4.42 Å². The van der Waals surface area contributed by atoms with Crippen LogP contribution in [0.25, 0.3) is 11.3 Å². The second-order valence-corrected chi connectivity index (χ2v) is 5.27. The first-order valence-corrected chi connectivity index (χ1v) is 6.79. The Morgan fingerprint density at radius 1 is 1.22 bits per heavy atom. The minimum absolute atomic E-state index is 0.286. The van der Waals surface area contributed by atoms with Crippen LogP contribution in [-0.2, 0) is 6.54 Å². The van der Waals surface area contributed by atoms with Gasteiger partial charge < -0.3 is 14.8 Å². The summed E-state index contributed by atoms with van der Waals surface area (Å²) in [6, 6.07) is 12.0. The monoisotopic (exact) mass is 310 g/mol. The molecule has 2 rings (SSSR count). The molecule has 96 valence electrons. The predicted octanol–water partition coefficient (Wildman–Crippen LogP) is 2.15. The Hall–Kier alpha value is -1.10. The van der Waals surface area contributed by atoms with Crippen molar-refractivity contribution < 1.29 is 14.8 Å². The van der Waals surface area contributed by atoms with Crippen LogP contribution in [0, 0.1) is 0 Å². The molecule has 1 aromatic carbocycles. The second kappa shape index (κ2) is 6.18. The number of aliphatic hydroxyl groups excluding tert-OH is 1. The fourth-order valence-electron chi connectivity index (χ4n) is 1.72. The van der Waals surface area contributed by atoms with Gasteiger partial charge in [0.05, 0.1) is 6.10 Å². The first-order valence-electron chi connectivity index (χ1n) is 5.99. The van der Waals surface area contributed by atoms with Crippen LogP contribution in [0.4, 0.5) is 0 Å². The van der Waals surface area contributed by atoms with Gasteiger partial charge in [0.25, 0.3) is 0 Å². The fourth-order valence-corrected chi connectivity index (χ4v) is 1.99. The lowest BCUT2D eigenvalue weighted by Gasteiger charge is -2.01. The fraction of sp³-hybridized carbons (Fsp3) is 0.286. The lowest BCUT2D eigenvalue weighted by atomic mass is 10.2. The molecule has 4 heteroatoms. The minimum Gasteiger partial charge on any atom is -0.455 e. The number of hydrogen-bond donors (Lipinski definition) is 2. The van der Waals surface area contributed by atoms with E-state index in [2.05, 4.69) is 15.9 Å². The Bertz CT molecular complexity index is 491. The van der Waals surface area contributed by atoms with Crippen LogP contribution in [0.5, 0.6) is 0 Å². The molecule has 1 heterocycles. The van der Waals surface area contributed by atoms with Gasteiger partial charge in [0, 0.05) is 10.0 Å². The third-order valence-corrected chi connectivity index (χ3v) is 3.17.